The van der Waals surface area contributed by atoms with Crippen molar-refractivity contribution >= 4 is 34.7 Å². The molecule has 0 heterocycles. The average Bonchev–Trinajstić information content (AvgIpc) is 1.84. The van der Waals surface area contributed by atoms with Crippen molar-refractivity contribution in [2.45, 2.75) is 19.9 Å². The second-order valence-electron chi connectivity index (χ2n) is 2.41. The molecule has 0 aliphatic rings. The monoisotopic (exact) mass is 270 g/mol. The lowest BCUT2D eigenvalue weighted by molar-refractivity contribution is -0.141. The minimum absolute atomic E-state index is 0.00259. The molecule has 0 unspecified atom stereocenters. The quantitative estimate of drug-likeness (QED) is 0.424. The summed E-state index contributed by atoms with van der Waals surface area (Å²) in [5, 5.41) is 2.49. The fraction of sp³-hybridized carbons (Fsp3) is 0.667. The molecule has 0 aromatic rings. The molecule has 0 atom stereocenters. The minimum atomic E-state index is -0.558. The molecular weight excluding hydrogens is 259 g/mol. The molecule has 0 aliphatic heterocycles. The van der Waals surface area contributed by atoms with E-state index in [9.17, 15) is 9.59 Å². The van der Waals surface area contributed by atoms with Gasteiger partial charge in [-0.25, -0.2) is 0 Å². The molecule has 0 bridgehead atoms. The van der Waals surface area contributed by atoms with Crippen molar-refractivity contribution in [2.24, 2.45) is 0 Å². The first kappa shape index (κ1) is 10.7. The Morgan fingerprint density at radius 1 is 1.45 bits per heavy atom. The second kappa shape index (κ2) is 4.53. The molecule has 0 radical (unpaired) electrons. The minimum Gasteiger partial charge on any atom is -0.346 e. The summed E-state index contributed by atoms with van der Waals surface area (Å²) in [5.41, 5.74) is 0. The molecule has 0 rings (SSSR count). The van der Waals surface area contributed by atoms with Gasteiger partial charge in [-0.3, -0.25) is 12.7 Å². The molecule has 64 valence electrons. The second-order valence-corrected chi connectivity index (χ2v) is 3.86. The van der Waals surface area contributed by atoms with Crippen LogP contribution in [-0.2, 0) is 9.59 Å². The van der Waals surface area contributed by atoms with Crippen molar-refractivity contribution < 1.29 is 9.59 Å². The average molecular weight is 270 g/mol. The number of carbonyl (C=O) groups is 2. The van der Waals surface area contributed by atoms with E-state index in [2.05, 4.69) is 5.32 Å². The highest BCUT2D eigenvalue weighted by molar-refractivity contribution is 14.1. The summed E-state index contributed by atoms with van der Waals surface area (Å²) in [6.45, 7) is 3.61. The van der Waals surface area contributed by atoms with E-state index >= 15 is 0 Å². The van der Waals surface area contributed by atoms with Crippen LogP contribution in [0.1, 0.15) is 13.8 Å². The van der Waals surface area contributed by atoms with E-state index in [1.165, 1.54) is 10.2 Å². The van der Waals surface area contributed by atoms with Gasteiger partial charge in [-0.15, -0.1) is 0 Å². The maximum Gasteiger partial charge on any atom is 0.320 e. The normalized spacial score (nSPS) is 9.55. The van der Waals surface area contributed by atoms with Crippen molar-refractivity contribution in [3.8, 4) is 0 Å². The number of nitrogens with one attached hydrogen (secondary N) is 1. The summed E-state index contributed by atoms with van der Waals surface area (Å²) in [6.07, 6.45) is 0. The van der Waals surface area contributed by atoms with Gasteiger partial charge >= 0.3 is 11.8 Å². The summed E-state index contributed by atoms with van der Waals surface area (Å²) >= 11 is 1.75. The topological polar surface area (TPSA) is 49.4 Å². The van der Waals surface area contributed by atoms with Gasteiger partial charge in [-0.1, -0.05) is 0 Å². The number of carbonyl (C=O) groups excluding carboxylic acids is 2. The smallest absolute Gasteiger partial charge is 0.320 e. The maximum absolute atomic E-state index is 10.9. The Hall–Kier alpha value is -0.330. The Balaban J connectivity index is 3.94. The highest BCUT2D eigenvalue weighted by Gasteiger charge is 2.16. The van der Waals surface area contributed by atoms with Crippen LogP contribution in [0, 0.1) is 0 Å². The van der Waals surface area contributed by atoms with E-state index in [-0.39, 0.29) is 6.04 Å². The number of amides is 2. The third kappa shape index (κ3) is 4.18. The lowest BCUT2D eigenvalue weighted by Crippen LogP contribution is -2.40. The summed E-state index contributed by atoms with van der Waals surface area (Å²) in [7, 11) is 1.53. The van der Waals surface area contributed by atoms with Crippen LogP contribution in [0.15, 0.2) is 0 Å². The first-order valence-corrected chi connectivity index (χ1v) is 4.16. The predicted molar refractivity (Wildman–Crippen MR) is 50.1 cm³/mol. The number of rotatable bonds is 1. The van der Waals surface area contributed by atoms with E-state index in [4.69, 9.17) is 0 Å². The van der Waals surface area contributed by atoms with Crippen LogP contribution in [0.5, 0.6) is 0 Å². The maximum atomic E-state index is 10.9. The van der Waals surface area contributed by atoms with Gasteiger partial charge in [0.25, 0.3) is 0 Å². The van der Waals surface area contributed by atoms with Crippen molar-refractivity contribution in [1.82, 2.24) is 8.43 Å². The molecule has 0 fully saturated rings. The molecule has 0 saturated heterocycles. The van der Waals surface area contributed by atoms with Gasteiger partial charge in [-0.2, -0.15) is 0 Å². The van der Waals surface area contributed by atoms with Crippen LogP contribution < -0.4 is 5.32 Å². The standard InChI is InChI=1S/C6H11IN2O2/c1-4(2)8-5(10)6(11)9(3)7/h4H,1-3H3,(H,8,10). The molecule has 11 heavy (non-hydrogen) atoms. The lowest BCUT2D eigenvalue weighted by Gasteiger charge is -2.09. The van der Waals surface area contributed by atoms with Crippen molar-refractivity contribution in [1.29, 1.82) is 0 Å². The van der Waals surface area contributed by atoms with Gasteiger partial charge < -0.3 is 5.32 Å². The highest BCUT2D eigenvalue weighted by atomic mass is 127. The SMILES string of the molecule is CC(C)NC(=O)C(=O)N(C)I. The van der Waals surface area contributed by atoms with Gasteiger partial charge in [0.1, 0.15) is 0 Å². The Labute approximate surface area is 79.8 Å². The number of hydrogen-bond donors (Lipinski definition) is 1. The number of nitrogens with zero attached hydrogens (tertiary/aromatic N) is 1. The van der Waals surface area contributed by atoms with Crippen LogP contribution in [0.3, 0.4) is 0 Å². The summed E-state index contributed by atoms with van der Waals surface area (Å²) in [6, 6.07) is 0.00259. The highest BCUT2D eigenvalue weighted by Crippen LogP contribution is 1.93. The zero-order chi connectivity index (χ0) is 9.02. The molecule has 1 N–H and O–H groups in total. The lowest BCUT2D eigenvalue weighted by atomic mass is 10.4. The van der Waals surface area contributed by atoms with Crippen molar-refractivity contribution in [3.05, 3.63) is 0 Å². The van der Waals surface area contributed by atoms with Crippen LogP contribution >= 0.6 is 22.9 Å². The van der Waals surface area contributed by atoms with E-state index in [1.807, 2.05) is 0 Å². The van der Waals surface area contributed by atoms with E-state index < -0.39 is 11.8 Å². The van der Waals surface area contributed by atoms with Crippen LogP contribution in [-0.4, -0.2) is 28.0 Å². The van der Waals surface area contributed by atoms with E-state index in [0.717, 1.165) is 0 Å². The van der Waals surface area contributed by atoms with Crippen LogP contribution in [0.2, 0.25) is 0 Å². The molecule has 5 heteroatoms. The summed E-state index contributed by atoms with van der Waals surface area (Å²) < 4.78 is 1.22. The Kier molecular flexibility index (Phi) is 4.39. The van der Waals surface area contributed by atoms with Gasteiger partial charge in [-0.05, 0) is 13.8 Å². The first-order chi connectivity index (χ1) is 4.95. The molecular formula is C6H11IN2O2. The molecule has 0 spiro atoms. The van der Waals surface area contributed by atoms with Gasteiger partial charge in [0, 0.05) is 13.1 Å². The van der Waals surface area contributed by atoms with Gasteiger partial charge in [0.15, 0.2) is 0 Å². The third-order valence-electron chi connectivity index (χ3n) is 0.894. The largest absolute Gasteiger partial charge is 0.346 e. The number of hydrogen-bond acceptors (Lipinski definition) is 2. The van der Waals surface area contributed by atoms with Gasteiger partial charge in [0.2, 0.25) is 0 Å². The summed E-state index contributed by atoms with van der Waals surface area (Å²) in [5.74, 6) is -1.09. The fourth-order valence-corrected chi connectivity index (χ4v) is 0.683. The Morgan fingerprint density at radius 3 is 2.18 bits per heavy atom. The molecule has 0 aliphatic carbocycles. The summed E-state index contributed by atoms with van der Waals surface area (Å²) in [4.78, 5) is 21.8. The van der Waals surface area contributed by atoms with Crippen molar-refractivity contribution in [3.63, 3.8) is 0 Å². The molecule has 4 nitrogen and oxygen atoms in total. The fourth-order valence-electron chi connectivity index (χ4n) is 0.464. The third-order valence-corrected chi connectivity index (χ3v) is 1.33. The Morgan fingerprint density at radius 2 is 1.91 bits per heavy atom. The van der Waals surface area contributed by atoms with E-state index in [0.29, 0.717) is 0 Å². The number of likely N-dealkylation sites (N-methyl/N-ethyl adjacent to an activating group) is 1. The predicted octanol–water partition coefficient (Wildman–Crippen LogP) is 0.319. The van der Waals surface area contributed by atoms with Crippen LogP contribution in [0.4, 0.5) is 0 Å². The zero-order valence-electron chi connectivity index (χ0n) is 6.72. The molecule has 0 saturated carbocycles. The van der Waals surface area contributed by atoms with Gasteiger partial charge in [0.05, 0.1) is 22.9 Å². The molecule has 2 amide bonds. The van der Waals surface area contributed by atoms with Crippen molar-refractivity contribution in [2.75, 3.05) is 7.05 Å². The van der Waals surface area contributed by atoms with E-state index in [1.54, 1.807) is 36.7 Å². The molecule has 0 aromatic carbocycles. The Bertz CT molecular complexity index is 168. The van der Waals surface area contributed by atoms with Crippen LogP contribution in [0.25, 0.3) is 0 Å². The molecule has 0 aromatic heterocycles. The number of halogens is 1. The first-order valence-electron chi connectivity index (χ1n) is 3.19. The zero-order valence-corrected chi connectivity index (χ0v) is 8.88.